The van der Waals surface area contributed by atoms with Crippen LogP contribution in [-0.4, -0.2) is 38.8 Å². The van der Waals surface area contributed by atoms with Crippen molar-refractivity contribution < 1.29 is 4.79 Å². The van der Waals surface area contributed by atoms with Crippen LogP contribution in [-0.2, 0) is 6.54 Å². The lowest BCUT2D eigenvalue weighted by Gasteiger charge is -2.32. The van der Waals surface area contributed by atoms with E-state index in [2.05, 4.69) is 15.4 Å². The van der Waals surface area contributed by atoms with E-state index < -0.39 is 0 Å². The lowest BCUT2D eigenvalue weighted by Crippen LogP contribution is -2.41. The van der Waals surface area contributed by atoms with Gasteiger partial charge in [-0.3, -0.25) is 9.67 Å². The average molecular weight is 327 g/mol. The van der Waals surface area contributed by atoms with Crippen LogP contribution in [0.4, 0.5) is 10.5 Å². The van der Waals surface area contributed by atoms with Crippen molar-refractivity contribution in [3.05, 3.63) is 42.0 Å². The highest BCUT2D eigenvalue weighted by molar-refractivity contribution is 5.89. The number of likely N-dealkylation sites (tertiary alicyclic amines) is 1. The van der Waals surface area contributed by atoms with Crippen LogP contribution in [0.2, 0.25) is 0 Å². The number of carbonyl (C=O) groups excluding carboxylic acids is 1. The Labute approximate surface area is 142 Å². The SMILES string of the molecule is Cc1ccc(NC(=O)N2CCC(CCn3cccn3)CC2)c(C)n1. The number of rotatable bonds is 4. The lowest BCUT2D eigenvalue weighted by atomic mass is 9.94. The minimum Gasteiger partial charge on any atom is -0.325 e. The zero-order valence-electron chi connectivity index (χ0n) is 14.4. The number of hydrogen-bond donors (Lipinski definition) is 1. The Hall–Kier alpha value is -2.37. The van der Waals surface area contributed by atoms with Gasteiger partial charge in [-0.1, -0.05) is 0 Å². The first-order valence-electron chi connectivity index (χ1n) is 8.59. The smallest absolute Gasteiger partial charge is 0.321 e. The molecular formula is C18H25N5O. The largest absolute Gasteiger partial charge is 0.325 e. The standard InChI is InChI=1S/C18H25N5O/c1-14-4-5-17(15(2)20-14)21-18(24)22-11-6-16(7-12-22)8-13-23-10-3-9-19-23/h3-5,9-10,16H,6-8,11-13H2,1-2H3,(H,21,24). The van der Waals surface area contributed by atoms with Gasteiger partial charge in [-0.25, -0.2) is 4.79 Å². The van der Waals surface area contributed by atoms with Crippen LogP contribution >= 0.6 is 0 Å². The number of nitrogens with one attached hydrogen (secondary N) is 1. The van der Waals surface area contributed by atoms with Crippen molar-refractivity contribution in [3.63, 3.8) is 0 Å². The molecule has 1 N–H and O–H groups in total. The third kappa shape index (κ3) is 4.13. The molecule has 6 heteroatoms. The van der Waals surface area contributed by atoms with Crippen molar-refractivity contribution in [1.82, 2.24) is 19.7 Å². The van der Waals surface area contributed by atoms with Gasteiger partial charge in [-0.15, -0.1) is 0 Å². The monoisotopic (exact) mass is 327 g/mol. The summed E-state index contributed by atoms with van der Waals surface area (Å²) in [5.74, 6) is 0.668. The maximum absolute atomic E-state index is 12.4. The number of aryl methyl sites for hydroxylation is 3. The second-order valence-electron chi connectivity index (χ2n) is 6.50. The molecule has 3 rings (SSSR count). The van der Waals surface area contributed by atoms with Gasteiger partial charge in [0.2, 0.25) is 0 Å². The molecule has 1 fully saturated rings. The highest BCUT2D eigenvalue weighted by atomic mass is 16.2. The number of aromatic nitrogens is 3. The topological polar surface area (TPSA) is 63.1 Å². The first-order valence-corrected chi connectivity index (χ1v) is 8.59. The van der Waals surface area contributed by atoms with Crippen LogP contribution in [0.3, 0.4) is 0 Å². The Bertz CT molecular complexity index is 675. The quantitative estimate of drug-likeness (QED) is 0.938. The molecule has 1 aliphatic rings. The molecule has 0 spiro atoms. The molecule has 1 saturated heterocycles. The molecule has 1 aliphatic heterocycles. The average Bonchev–Trinajstić information content (AvgIpc) is 3.09. The first-order chi connectivity index (χ1) is 11.6. The summed E-state index contributed by atoms with van der Waals surface area (Å²) in [6.07, 6.45) is 7.05. The summed E-state index contributed by atoms with van der Waals surface area (Å²) in [5.41, 5.74) is 2.62. The van der Waals surface area contributed by atoms with Gasteiger partial charge in [-0.05, 0) is 57.2 Å². The summed E-state index contributed by atoms with van der Waals surface area (Å²) < 4.78 is 1.98. The fourth-order valence-electron chi connectivity index (χ4n) is 3.19. The van der Waals surface area contributed by atoms with Gasteiger partial charge >= 0.3 is 6.03 Å². The molecule has 0 atom stereocenters. The minimum absolute atomic E-state index is 0.0192. The Morgan fingerprint density at radius 1 is 1.29 bits per heavy atom. The maximum Gasteiger partial charge on any atom is 0.321 e. The van der Waals surface area contributed by atoms with E-state index in [1.165, 1.54) is 0 Å². The number of urea groups is 1. The van der Waals surface area contributed by atoms with E-state index in [9.17, 15) is 4.79 Å². The molecule has 0 aromatic carbocycles. The molecular weight excluding hydrogens is 302 g/mol. The predicted molar refractivity (Wildman–Crippen MR) is 93.9 cm³/mol. The van der Waals surface area contributed by atoms with Crippen molar-refractivity contribution in [1.29, 1.82) is 0 Å². The number of nitrogens with zero attached hydrogens (tertiary/aromatic N) is 4. The summed E-state index contributed by atoms with van der Waals surface area (Å²) in [6, 6.07) is 5.78. The molecule has 6 nitrogen and oxygen atoms in total. The predicted octanol–water partition coefficient (Wildman–Crippen LogP) is 3.23. The van der Waals surface area contributed by atoms with Crippen molar-refractivity contribution in [2.45, 2.75) is 39.7 Å². The number of hydrogen-bond acceptors (Lipinski definition) is 3. The van der Waals surface area contributed by atoms with Crippen LogP contribution in [0.15, 0.2) is 30.6 Å². The highest BCUT2D eigenvalue weighted by Crippen LogP contribution is 2.22. The molecule has 128 valence electrons. The van der Waals surface area contributed by atoms with E-state index in [4.69, 9.17) is 0 Å². The van der Waals surface area contributed by atoms with Crippen LogP contribution in [0, 0.1) is 19.8 Å². The van der Waals surface area contributed by atoms with Crippen LogP contribution in [0.25, 0.3) is 0 Å². The van der Waals surface area contributed by atoms with E-state index in [-0.39, 0.29) is 6.03 Å². The summed E-state index contributed by atoms with van der Waals surface area (Å²) in [7, 11) is 0. The van der Waals surface area contributed by atoms with Gasteiger partial charge in [0, 0.05) is 37.7 Å². The Morgan fingerprint density at radius 3 is 2.75 bits per heavy atom. The summed E-state index contributed by atoms with van der Waals surface area (Å²) >= 11 is 0. The third-order valence-corrected chi connectivity index (χ3v) is 4.69. The summed E-state index contributed by atoms with van der Waals surface area (Å²) in [6.45, 7) is 6.46. The van der Waals surface area contributed by atoms with E-state index >= 15 is 0 Å². The van der Waals surface area contributed by atoms with Crippen LogP contribution < -0.4 is 5.32 Å². The number of piperidine rings is 1. The second kappa shape index (κ2) is 7.47. The maximum atomic E-state index is 12.4. The van der Waals surface area contributed by atoms with E-state index in [1.807, 2.05) is 54.0 Å². The van der Waals surface area contributed by atoms with Crippen molar-refractivity contribution in [2.24, 2.45) is 5.92 Å². The molecule has 0 saturated carbocycles. The Kier molecular flexibility index (Phi) is 5.13. The molecule has 0 aliphatic carbocycles. The molecule has 2 amide bonds. The molecule has 0 radical (unpaired) electrons. The van der Waals surface area contributed by atoms with Gasteiger partial charge in [0.25, 0.3) is 0 Å². The third-order valence-electron chi connectivity index (χ3n) is 4.69. The molecule has 2 aromatic heterocycles. The summed E-state index contributed by atoms with van der Waals surface area (Å²) in [4.78, 5) is 18.7. The second-order valence-corrected chi connectivity index (χ2v) is 6.50. The van der Waals surface area contributed by atoms with Gasteiger partial charge in [0.15, 0.2) is 0 Å². The summed E-state index contributed by atoms with van der Waals surface area (Å²) in [5, 5.41) is 7.23. The minimum atomic E-state index is -0.0192. The molecule has 24 heavy (non-hydrogen) atoms. The van der Waals surface area contributed by atoms with Crippen LogP contribution in [0.5, 0.6) is 0 Å². The zero-order chi connectivity index (χ0) is 16.9. The number of amides is 2. The van der Waals surface area contributed by atoms with Gasteiger partial charge < -0.3 is 10.2 Å². The van der Waals surface area contributed by atoms with Gasteiger partial charge in [-0.2, -0.15) is 5.10 Å². The van der Waals surface area contributed by atoms with E-state index in [0.717, 1.165) is 56.0 Å². The van der Waals surface area contributed by atoms with Crippen molar-refractivity contribution in [3.8, 4) is 0 Å². The molecule has 3 heterocycles. The number of carbonyl (C=O) groups is 1. The number of anilines is 1. The molecule has 0 unspecified atom stereocenters. The first kappa shape index (κ1) is 16.5. The van der Waals surface area contributed by atoms with E-state index in [0.29, 0.717) is 5.92 Å². The van der Waals surface area contributed by atoms with Gasteiger partial charge in [0.05, 0.1) is 11.4 Å². The zero-order valence-corrected chi connectivity index (χ0v) is 14.4. The van der Waals surface area contributed by atoms with Crippen LogP contribution in [0.1, 0.15) is 30.7 Å². The lowest BCUT2D eigenvalue weighted by molar-refractivity contribution is 0.177. The molecule has 2 aromatic rings. The Morgan fingerprint density at radius 2 is 2.08 bits per heavy atom. The molecule has 0 bridgehead atoms. The van der Waals surface area contributed by atoms with Crippen molar-refractivity contribution in [2.75, 3.05) is 18.4 Å². The highest BCUT2D eigenvalue weighted by Gasteiger charge is 2.23. The fraction of sp³-hybridized carbons (Fsp3) is 0.500. The van der Waals surface area contributed by atoms with E-state index in [1.54, 1.807) is 0 Å². The Balaban J connectivity index is 1.46. The number of pyridine rings is 1. The van der Waals surface area contributed by atoms with Gasteiger partial charge in [0.1, 0.15) is 0 Å². The normalized spacial score (nSPS) is 15.5. The van der Waals surface area contributed by atoms with Crippen molar-refractivity contribution >= 4 is 11.7 Å². The fourth-order valence-corrected chi connectivity index (χ4v) is 3.19.